The van der Waals surface area contributed by atoms with Crippen molar-refractivity contribution in [3.05, 3.63) is 29.3 Å². The molecule has 0 aromatic heterocycles. The number of benzene rings is 1. The van der Waals surface area contributed by atoms with Gasteiger partial charge in [0.15, 0.2) is 0 Å². The monoisotopic (exact) mass is 216 g/mol. The van der Waals surface area contributed by atoms with Crippen molar-refractivity contribution >= 4 is 5.69 Å². The van der Waals surface area contributed by atoms with Crippen LogP contribution in [0.2, 0.25) is 0 Å². The predicted octanol–water partition coefficient (Wildman–Crippen LogP) is 1.96. The summed E-state index contributed by atoms with van der Waals surface area (Å²) >= 11 is 0. The molecule has 2 heteroatoms. The number of fused-ring (bicyclic) bond motifs is 1. The van der Waals surface area contributed by atoms with Crippen molar-refractivity contribution in [2.75, 3.05) is 31.1 Å². The van der Waals surface area contributed by atoms with Crippen LogP contribution in [0.15, 0.2) is 18.2 Å². The van der Waals surface area contributed by atoms with E-state index < -0.39 is 0 Å². The summed E-state index contributed by atoms with van der Waals surface area (Å²) in [5.74, 6) is 1.75. The number of hydrogen-bond acceptors (Lipinski definition) is 2. The minimum atomic E-state index is 0.875. The molecule has 2 atom stereocenters. The Bertz CT molecular complexity index is 388. The maximum Gasteiger partial charge on any atom is 0.0398 e. The summed E-state index contributed by atoms with van der Waals surface area (Å²) in [6.45, 7) is 9.36. The molecule has 1 N–H and O–H groups in total. The van der Waals surface area contributed by atoms with Crippen LogP contribution in [0.25, 0.3) is 0 Å². The fourth-order valence-corrected chi connectivity index (χ4v) is 3.13. The molecule has 0 radical (unpaired) electrons. The molecule has 0 amide bonds. The van der Waals surface area contributed by atoms with Crippen LogP contribution >= 0.6 is 0 Å². The number of nitrogens with zero attached hydrogens (tertiary/aromatic N) is 1. The largest absolute Gasteiger partial charge is 0.371 e. The van der Waals surface area contributed by atoms with E-state index in [-0.39, 0.29) is 0 Å². The van der Waals surface area contributed by atoms with Crippen LogP contribution in [-0.4, -0.2) is 26.2 Å². The molecule has 2 aliphatic heterocycles. The third kappa shape index (κ3) is 1.52. The Labute approximate surface area is 97.6 Å². The minimum absolute atomic E-state index is 0.875. The first-order valence-electron chi connectivity index (χ1n) is 6.27. The third-order valence-electron chi connectivity index (χ3n) is 4.31. The molecule has 1 aromatic carbocycles. The molecule has 0 saturated carbocycles. The Kier molecular flexibility index (Phi) is 2.40. The fraction of sp³-hybridized carbons (Fsp3) is 0.571. The summed E-state index contributed by atoms with van der Waals surface area (Å²) in [6.07, 6.45) is 0. The number of anilines is 1. The highest BCUT2D eigenvalue weighted by molar-refractivity contribution is 5.56. The normalized spacial score (nSPS) is 28.5. The lowest BCUT2D eigenvalue weighted by Crippen LogP contribution is -2.26. The zero-order chi connectivity index (χ0) is 11.1. The predicted molar refractivity (Wildman–Crippen MR) is 68.0 cm³/mol. The quantitative estimate of drug-likeness (QED) is 0.772. The maximum atomic E-state index is 3.50. The Hall–Kier alpha value is -1.02. The second kappa shape index (κ2) is 3.77. The molecule has 2 aliphatic rings. The van der Waals surface area contributed by atoms with Crippen LogP contribution in [-0.2, 0) is 0 Å². The smallest absolute Gasteiger partial charge is 0.0398 e. The molecule has 0 bridgehead atoms. The first-order valence-corrected chi connectivity index (χ1v) is 6.27. The van der Waals surface area contributed by atoms with Gasteiger partial charge in [0, 0.05) is 31.9 Å². The van der Waals surface area contributed by atoms with Crippen LogP contribution in [0, 0.1) is 25.7 Å². The lowest BCUT2D eigenvalue weighted by atomic mass is 10.0. The first kappa shape index (κ1) is 10.2. The van der Waals surface area contributed by atoms with Gasteiger partial charge >= 0.3 is 0 Å². The molecular weight excluding hydrogens is 196 g/mol. The van der Waals surface area contributed by atoms with Gasteiger partial charge in [-0.05, 0) is 42.9 Å². The van der Waals surface area contributed by atoms with E-state index in [1.807, 2.05) is 0 Å². The van der Waals surface area contributed by atoms with E-state index in [0.717, 1.165) is 11.8 Å². The summed E-state index contributed by atoms with van der Waals surface area (Å²) in [5, 5.41) is 3.50. The first-order chi connectivity index (χ1) is 7.75. The van der Waals surface area contributed by atoms with Gasteiger partial charge in [-0.3, -0.25) is 0 Å². The molecule has 3 rings (SSSR count). The average Bonchev–Trinajstić information content (AvgIpc) is 2.81. The van der Waals surface area contributed by atoms with E-state index in [2.05, 4.69) is 42.3 Å². The van der Waals surface area contributed by atoms with Crippen molar-refractivity contribution in [3.63, 3.8) is 0 Å². The van der Waals surface area contributed by atoms with Gasteiger partial charge in [0.25, 0.3) is 0 Å². The molecule has 2 saturated heterocycles. The van der Waals surface area contributed by atoms with Crippen molar-refractivity contribution in [1.29, 1.82) is 0 Å². The van der Waals surface area contributed by atoms with Gasteiger partial charge in [0.2, 0.25) is 0 Å². The van der Waals surface area contributed by atoms with E-state index in [9.17, 15) is 0 Å². The minimum Gasteiger partial charge on any atom is -0.371 e. The molecule has 2 heterocycles. The second-order valence-corrected chi connectivity index (χ2v) is 5.30. The lowest BCUT2D eigenvalue weighted by Gasteiger charge is -2.22. The van der Waals surface area contributed by atoms with Crippen molar-refractivity contribution in [3.8, 4) is 0 Å². The van der Waals surface area contributed by atoms with Crippen molar-refractivity contribution in [2.45, 2.75) is 13.8 Å². The Balaban J connectivity index is 1.86. The summed E-state index contributed by atoms with van der Waals surface area (Å²) < 4.78 is 0. The number of aryl methyl sites for hydroxylation is 1. The van der Waals surface area contributed by atoms with Gasteiger partial charge in [0.05, 0.1) is 0 Å². The Morgan fingerprint density at radius 2 is 1.81 bits per heavy atom. The Morgan fingerprint density at radius 3 is 2.50 bits per heavy atom. The topological polar surface area (TPSA) is 15.3 Å². The summed E-state index contributed by atoms with van der Waals surface area (Å²) in [4.78, 5) is 2.58. The summed E-state index contributed by atoms with van der Waals surface area (Å²) in [6, 6.07) is 6.66. The van der Waals surface area contributed by atoms with Gasteiger partial charge in [-0.15, -0.1) is 0 Å². The van der Waals surface area contributed by atoms with Crippen LogP contribution in [0.3, 0.4) is 0 Å². The van der Waals surface area contributed by atoms with Crippen LogP contribution < -0.4 is 10.2 Å². The fourth-order valence-electron chi connectivity index (χ4n) is 3.13. The van der Waals surface area contributed by atoms with Crippen molar-refractivity contribution in [2.24, 2.45) is 11.8 Å². The molecule has 2 fully saturated rings. The maximum absolute atomic E-state index is 3.50. The molecular formula is C14H20N2. The van der Waals surface area contributed by atoms with Gasteiger partial charge < -0.3 is 10.2 Å². The zero-order valence-electron chi connectivity index (χ0n) is 10.2. The standard InChI is InChI=1S/C14H20N2/c1-10-4-3-5-14(11(10)2)16-8-12-6-15-7-13(12)9-16/h3-5,12-13,15H,6-9H2,1-2H3. The molecule has 16 heavy (non-hydrogen) atoms. The highest BCUT2D eigenvalue weighted by Crippen LogP contribution is 2.32. The molecule has 0 spiro atoms. The van der Waals surface area contributed by atoms with E-state index in [0.29, 0.717) is 0 Å². The second-order valence-electron chi connectivity index (χ2n) is 5.30. The van der Waals surface area contributed by atoms with Crippen LogP contribution in [0.1, 0.15) is 11.1 Å². The third-order valence-corrected chi connectivity index (χ3v) is 4.31. The lowest BCUT2D eigenvalue weighted by molar-refractivity contribution is 0.533. The molecule has 1 aromatic rings. The SMILES string of the molecule is Cc1cccc(N2CC3CNCC3C2)c1C. The molecule has 2 nitrogen and oxygen atoms in total. The summed E-state index contributed by atoms with van der Waals surface area (Å²) in [5.41, 5.74) is 4.32. The van der Waals surface area contributed by atoms with E-state index in [1.54, 1.807) is 0 Å². The van der Waals surface area contributed by atoms with Gasteiger partial charge in [-0.25, -0.2) is 0 Å². The zero-order valence-corrected chi connectivity index (χ0v) is 10.2. The van der Waals surface area contributed by atoms with Crippen molar-refractivity contribution in [1.82, 2.24) is 5.32 Å². The molecule has 86 valence electrons. The highest BCUT2D eigenvalue weighted by atomic mass is 15.2. The van der Waals surface area contributed by atoms with Crippen LogP contribution in [0.5, 0.6) is 0 Å². The van der Waals surface area contributed by atoms with Gasteiger partial charge in [0.1, 0.15) is 0 Å². The van der Waals surface area contributed by atoms with E-state index >= 15 is 0 Å². The summed E-state index contributed by atoms with van der Waals surface area (Å²) in [7, 11) is 0. The average molecular weight is 216 g/mol. The van der Waals surface area contributed by atoms with Crippen molar-refractivity contribution < 1.29 is 0 Å². The van der Waals surface area contributed by atoms with Gasteiger partial charge in [-0.1, -0.05) is 12.1 Å². The molecule has 0 aliphatic carbocycles. The van der Waals surface area contributed by atoms with E-state index in [1.165, 1.54) is 43.0 Å². The number of hydrogen-bond donors (Lipinski definition) is 1. The van der Waals surface area contributed by atoms with Gasteiger partial charge in [-0.2, -0.15) is 0 Å². The van der Waals surface area contributed by atoms with Crippen LogP contribution in [0.4, 0.5) is 5.69 Å². The number of nitrogens with one attached hydrogen (secondary N) is 1. The Morgan fingerprint density at radius 1 is 1.12 bits per heavy atom. The number of rotatable bonds is 1. The molecule has 2 unspecified atom stereocenters. The van der Waals surface area contributed by atoms with E-state index in [4.69, 9.17) is 0 Å². The highest BCUT2D eigenvalue weighted by Gasteiger charge is 2.36.